The van der Waals surface area contributed by atoms with E-state index in [9.17, 15) is 0 Å². The van der Waals surface area contributed by atoms with Crippen molar-refractivity contribution in [3.8, 4) is 5.75 Å². The Labute approximate surface area is 139 Å². The van der Waals surface area contributed by atoms with E-state index in [1.54, 1.807) is 0 Å². The number of alkyl halides is 1. The Kier molecular flexibility index (Phi) is 4.82. The van der Waals surface area contributed by atoms with Gasteiger partial charge in [0.1, 0.15) is 5.75 Å². The fraction of sp³-hybridized carbons (Fsp3) is 0.412. The lowest BCUT2D eigenvalue weighted by atomic mass is 10.1. The predicted octanol–water partition coefficient (Wildman–Crippen LogP) is 5.57. The van der Waals surface area contributed by atoms with Gasteiger partial charge in [0.25, 0.3) is 0 Å². The molecule has 0 spiro atoms. The first-order valence-corrected chi connectivity index (χ1v) is 9.66. The minimum Gasteiger partial charge on any atom is -0.494 e. The zero-order valence-electron chi connectivity index (χ0n) is 12.3. The van der Waals surface area contributed by atoms with Crippen molar-refractivity contribution in [3.63, 3.8) is 0 Å². The summed E-state index contributed by atoms with van der Waals surface area (Å²) in [6.07, 6.45) is 1.18. The van der Waals surface area contributed by atoms with Crippen LogP contribution in [0.15, 0.2) is 24.3 Å². The summed E-state index contributed by atoms with van der Waals surface area (Å²) < 4.78 is 5.75. The van der Waals surface area contributed by atoms with E-state index in [0.29, 0.717) is 6.61 Å². The van der Waals surface area contributed by atoms with Crippen molar-refractivity contribution in [2.24, 2.45) is 0 Å². The Morgan fingerprint density at radius 3 is 2.95 bits per heavy atom. The van der Waals surface area contributed by atoms with Gasteiger partial charge in [0.2, 0.25) is 0 Å². The maximum absolute atomic E-state index is 6.79. The summed E-state index contributed by atoms with van der Waals surface area (Å²) in [5.41, 5.74) is 3.78. The van der Waals surface area contributed by atoms with Gasteiger partial charge in [-0.2, -0.15) is 11.8 Å². The summed E-state index contributed by atoms with van der Waals surface area (Å²) in [4.78, 5) is 2.76. The van der Waals surface area contributed by atoms with Crippen molar-refractivity contribution < 1.29 is 4.74 Å². The SMILES string of the molecule is CCOc1ccc(C)cc1C(Cl)c1cc2c(s1)CCSC2. The largest absolute Gasteiger partial charge is 0.494 e. The molecule has 0 aliphatic carbocycles. The van der Waals surface area contributed by atoms with Crippen molar-refractivity contribution in [1.29, 1.82) is 0 Å². The smallest absolute Gasteiger partial charge is 0.124 e. The maximum Gasteiger partial charge on any atom is 0.124 e. The highest BCUT2D eigenvalue weighted by Gasteiger charge is 2.21. The van der Waals surface area contributed by atoms with Gasteiger partial charge in [-0.3, -0.25) is 0 Å². The fourth-order valence-corrected chi connectivity index (χ4v) is 5.34. The van der Waals surface area contributed by atoms with E-state index >= 15 is 0 Å². The summed E-state index contributed by atoms with van der Waals surface area (Å²) in [5.74, 6) is 3.26. The molecule has 2 heterocycles. The molecule has 1 nitrogen and oxygen atoms in total. The third-order valence-corrected chi connectivity index (χ3v) is 6.54. The number of benzene rings is 1. The van der Waals surface area contributed by atoms with Crippen LogP contribution in [0.3, 0.4) is 0 Å². The van der Waals surface area contributed by atoms with Crippen molar-refractivity contribution >= 4 is 34.7 Å². The van der Waals surface area contributed by atoms with E-state index in [0.717, 1.165) is 17.1 Å². The van der Waals surface area contributed by atoms with E-state index in [4.69, 9.17) is 16.3 Å². The number of thiophene rings is 1. The normalized spacial score (nSPS) is 15.6. The van der Waals surface area contributed by atoms with Crippen LogP contribution in [-0.4, -0.2) is 12.4 Å². The third kappa shape index (κ3) is 3.25. The number of hydrogen-bond acceptors (Lipinski definition) is 3. The highest BCUT2D eigenvalue weighted by Crippen LogP contribution is 2.42. The van der Waals surface area contributed by atoms with Gasteiger partial charge in [-0.25, -0.2) is 0 Å². The second-order valence-electron chi connectivity index (χ2n) is 5.24. The standard InChI is InChI=1S/C17H19ClOS2/c1-3-19-14-5-4-11(2)8-13(14)17(18)16-9-12-10-20-7-6-15(12)21-16/h4-5,8-9,17H,3,6-7,10H2,1-2H3. The van der Waals surface area contributed by atoms with Crippen LogP contribution in [-0.2, 0) is 12.2 Å². The van der Waals surface area contributed by atoms with Crippen molar-refractivity contribution in [2.45, 2.75) is 31.4 Å². The van der Waals surface area contributed by atoms with Crippen molar-refractivity contribution in [1.82, 2.24) is 0 Å². The molecule has 4 heteroatoms. The molecule has 0 saturated carbocycles. The molecule has 1 atom stereocenters. The molecule has 0 saturated heterocycles. The van der Waals surface area contributed by atoms with Gasteiger partial charge in [-0.1, -0.05) is 17.7 Å². The Morgan fingerprint density at radius 1 is 1.33 bits per heavy atom. The molecule has 3 rings (SSSR count). The number of thioether (sulfide) groups is 1. The zero-order chi connectivity index (χ0) is 14.8. The van der Waals surface area contributed by atoms with Crippen LogP contribution in [0.25, 0.3) is 0 Å². The summed E-state index contributed by atoms with van der Waals surface area (Å²) in [6, 6.07) is 8.55. The van der Waals surface area contributed by atoms with E-state index in [-0.39, 0.29) is 5.38 Å². The van der Waals surface area contributed by atoms with Gasteiger partial charge in [0.05, 0.1) is 12.0 Å². The first kappa shape index (κ1) is 15.3. The summed E-state index contributed by atoms with van der Waals surface area (Å²) >= 11 is 10.7. The topological polar surface area (TPSA) is 9.23 Å². The second-order valence-corrected chi connectivity index (χ2v) is 7.95. The molecule has 1 aromatic heterocycles. The van der Waals surface area contributed by atoms with Gasteiger partial charge in [-0.15, -0.1) is 22.9 Å². The molecule has 1 unspecified atom stereocenters. The average molecular weight is 339 g/mol. The number of aryl methyl sites for hydroxylation is 2. The first-order chi connectivity index (χ1) is 10.2. The Balaban J connectivity index is 1.95. The lowest BCUT2D eigenvalue weighted by molar-refractivity contribution is 0.337. The van der Waals surface area contributed by atoms with Crippen LogP contribution >= 0.6 is 34.7 Å². The van der Waals surface area contributed by atoms with E-state index in [2.05, 4.69) is 25.1 Å². The van der Waals surface area contributed by atoms with Crippen LogP contribution in [0.4, 0.5) is 0 Å². The van der Waals surface area contributed by atoms with Gasteiger partial charge < -0.3 is 4.74 Å². The fourth-order valence-electron chi connectivity index (χ4n) is 2.60. The molecule has 0 bridgehead atoms. The van der Waals surface area contributed by atoms with Gasteiger partial charge >= 0.3 is 0 Å². The number of rotatable bonds is 4. The quantitative estimate of drug-likeness (QED) is 0.674. The van der Waals surface area contributed by atoms with Crippen LogP contribution in [0.5, 0.6) is 5.75 Å². The number of ether oxygens (including phenoxy) is 1. The van der Waals surface area contributed by atoms with Crippen LogP contribution < -0.4 is 4.74 Å². The Hall–Kier alpha value is -0.640. The monoisotopic (exact) mass is 338 g/mol. The molecule has 2 aromatic rings. The van der Waals surface area contributed by atoms with E-state index in [1.165, 1.54) is 33.1 Å². The van der Waals surface area contributed by atoms with E-state index in [1.807, 2.05) is 36.1 Å². The third-order valence-electron chi connectivity index (χ3n) is 3.63. The average Bonchev–Trinajstić information content (AvgIpc) is 2.92. The minimum atomic E-state index is -0.118. The number of hydrogen-bond donors (Lipinski definition) is 0. The molecule has 0 radical (unpaired) electrons. The van der Waals surface area contributed by atoms with E-state index < -0.39 is 0 Å². The maximum atomic E-state index is 6.79. The Bertz CT molecular complexity index is 612. The van der Waals surface area contributed by atoms with Crippen molar-refractivity contribution in [3.05, 3.63) is 50.7 Å². The minimum absolute atomic E-state index is 0.118. The molecule has 21 heavy (non-hydrogen) atoms. The molecular weight excluding hydrogens is 320 g/mol. The lowest BCUT2D eigenvalue weighted by Gasteiger charge is -2.15. The van der Waals surface area contributed by atoms with Crippen molar-refractivity contribution in [2.75, 3.05) is 12.4 Å². The summed E-state index contributed by atoms with van der Waals surface area (Å²) in [6.45, 7) is 4.77. The lowest BCUT2D eigenvalue weighted by Crippen LogP contribution is -1.99. The second kappa shape index (κ2) is 6.64. The highest BCUT2D eigenvalue weighted by atomic mass is 35.5. The number of halogens is 1. The molecule has 0 amide bonds. The molecule has 1 aliphatic heterocycles. The van der Waals surface area contributed by atoms with Gasteiger partial charge in [0.15, 0.2) is 0 Å². The Morgan fingerprint density at radius 2 is 2.19 bits per heavy atom. The summed E-state index contributed by atoms with van der Waals surface area (Å²) in [7, 11) is 0. The molecule has 1 aromatic carbocycles. The number of fused-ring (bicyclic) bond motifs is 1. The van der Waals surface area contributed by atoms with Crippen LogP contribution in [0.1, 0.15) is 38.7 Å². The summed E-state index contributed by atoms with van der Waals surface area (Å²) in [5, 5.41) is -0.118. The van der Waals surface area contributed by atoms with Gasteiger partial charge in [0, 0.05) is 21.1 Å². The molecule has 1 aliphatic rings. The van der Waals surface area contributed by atoms with Crippen LogP contribution in [0.2, 0.25) is 0 Å². The van der Waals surface area contributed by atoms with Crippen LogP contribution in [0, 0.1) is 6.92 Å². The molecular formula is C17H19ClOS2. The zero-order valence-corrected chi connectivity index (χ0v) is 14.7. The predicted molar refractivity (Wildman–Crippen MR) is 94.2 cm³/mol. The highest BCUT2D eigenvalue weighted by molar-refractivity contribution is 7.98. The molecule has 112 valence electrons. The molecule has 0 fully saturated rings. The van der Waals surface area contributed by atoms with Gasteiger partial charge in [-0.05, 0) is 43.7 Å². The molecule has 0 N–H and O–H groups in total. The first-order valence-electron chi connectivity index (χ1n) is 7.25.